The number of hydrogen-bond acceptors (Lipinski definition) is 5. The van der Waals surface area contributed by atoms with Crippen molar-refractivity contribution in [2.75, 3.05) is 4.72 Å². The molecule has 182 valence electrons. The van der Waals surface area contributed by atoms with Crippen LogP contribution < -0.4 is 10.3 Å². The SMILES string of the molecule is O=c1ccc2cc(S(=O)(=O)Nc3ccon3)ccc2n1-c1ccc(-c2cccc(C(F)(F)F)c2)cc1. The zero-order valence-corrected chi connectivity index (χ0v) is 19.0. The van der Waals surface area contributed by atoms with Crippen molar-refractivity contribution in [2.45, 2.75) is 11.1 Å². The number of aromatic nitrogens is 2. The molecule has 0 saturated heterocycles. The van der Waals surface area contributed by atoms with Crippen LogP contribution in [0.3, 0.4) is 0 Å². The molecule has 0 aliphatic rings. The molecule has 11 heteroatoms. The summed E-state index contributed by atoms with van der Waals surface area (Å²) >= 11 is 0. The van der Waals surface area contributed by atoms with Crippen LogP contribution in [0.15, 0.2) is 105 Å². The highest BCUT2D eigenvalue weighted by atomic mass is 32.2. The second kappa shape index (κ2) is 8.68. The Morgan fingerprint density at radius 1 is 0.861 bits per heavy atom. The minimum atomic E-state index is -4.46. The van der Waals surface area contributed by atoms with Gasteiger partial charge in [0, 0.05) is 23.2 Å². The molecule has 0 atom stereocenters. The van der Waals surface area contributed by atoms with Crippen LogP contribution in [0.5, 0.6) is 0 Å². The molecule has 0 bridgehead atoms. The number of sulfonamides is 1. The monoisotopic (exact) mass is 511 g/mol. The lowest BCUT2D eigenvalue weighted by molar-refractivity contribution is -0.137. The fourth-order valence-corrected chi connectivity index (χ4v) is 4.83. The molecule has 7 nitrogen and oxygen atoms in total. The van der Waals surface area contributed by atoms with Crippen LogP contribution in [-0.2, 0) is 16.2 Å². The summed E-state index contributed by atoms with van der Waals surface area (Å²) in [4.78, 5) is 12.7. The van der Waals surface area contributed by atoms with E-state index in [1.54, 1.807) is 30.3 Å². The van der Waals surface area contributed by atoms with E-state index in [2.05, 4.69) is 14.4 Å². The molecule has 2 heterocycles. The quantitative estimate of drug-likeness (QED) is 0.338. The van der Waals surface area contributed by atoms with Gasteiger partial charge in [0.2, 0.25) is 0 Å². The third-order valence-corrected chi connectivity index (χ3v) is 6.85. The van der Waals surface area contributed by atoms with Crippen molar-refractivity contribution in [2.24, 2.45) is 0 Å². The zero-order valence-electron chi connectivity index (χ0n) is 18.2. The van der Waals surface area contributed by atoms with Gasteiger partial charge < -0.3 is 4.52 Å². The zero-order chi connectivity index (χ0) is 25.5. The Bertz CT molecular complexity index is 1730. The highest BCUT2D eigenvalue weighted by Gasteiger charge is 2.30. The van der Waals surface area contributed by atoms with Crippen molar-refractivity contribution >= 4 is 26.7 Å². The summed E-state index contributed by atoms with van der Waals surface area (Å²) in [7, 11) is -3.95. The van der Waals surface area contributed by atoms with Gasteiger partial charge in [-0.15, -0.1) is 0 Å². The summed E-state index contributed by atoms with van der Waals surface area (Å²) in [5.41, 5.74) is 0.748. The van der Waals surface area contributed by atoms with Crippen molar-refractivity contribution in [3.05, 3.63) is 107 Å². The van der Waals surface area contributed by atoms with E-state index in [4.69, 9.17) is 0 Å². The Labute approximate surface area is 202 Å². The van der Waals surface area contributed by atoms with Crippen LogP contribution in [0.2, 0.25) is 0 Å². The fraction of sp³-hybridized carbons (Fsp3) is 0.0400. The second-order valence-corrected chi connectivity index (χ2v) is 9.53. The molecule has 0 amide bonds. The first-order chi connectivity index (χ1) is 17.1. The molecule has 0 fully saturated rings. The van der Waals surface area contributed by atoms with Gasteiger partial charge in [0.05, 0.1) is 16.0 Å². The smallest absolute Gasteiger partial charge is 0.363 e. The van der Waals surface area contributed by atoms with Gasteiger partial charge in [0.15, 0.2) is 5.82 Å². The molecule has 0 unspecified atom stereocenters. The number of fused-ring (bicyclic) bond motifs is 1. The van der Waals surface area contributed by atoms with E-state index < -0.39 is 21.8 Å². The summed E-state index contributed by atoms with van der Waals surface area (Å²) < 4.78 is 72.9. The number of hydrogen-bond donors (Lipinski definition) is 1. The molecule has 1 N–H and O–H groups in total. The van der Waals surface area contributed by atoms with Crippen molar-refractivity contribution < 1.29 is 26.1 Å². The van der Waals surface area contributed by atoms with Crippen LogP contribution in [-0.4, -0.2) is 18.1 Å². The summed E-state index contributed by atoms with van der Waals surface area (Å²) in [6, 6.07) is 19.9. The van der Waals surface area contributed by atoms with Gasteiger partial charge in [-0.3, -0.25) is 14.1 Å². The maximum absolute atomic E-state index is 13.1. The molecule has 0 radical (unpaired) electrons. The van der Waals surface area contributed by atoms with Crippen molar-refractivity contribution in [1.82, 2.24) is 9.72 Å². The van der Waals surface area contributed by atoms with Crippen LogP contribution in [0.4, 0.5) is 19.0 Å². The van der Waals surface area contributed by atoms with E-state index in [0.717, 1.165) is 12.1 Å². The Morgan fingerprint density at radius 2 is 1.64 bits per heavy atom. The van der Waals surface area contributed by atoms with Gasteiger partial charge in [-0.2, -0.15) is 13.2 Å². The predicted octanol–water partition coefficient (Wildman–Crippen LogP) is 5.47. The second-order valence-electron chi connectivity index (χ2n) is 7.84. The number of halogens is 3. The van der Waals surface area contributed by atoms with E-state index in [1.807, 2.05) is 0 Å². The number of nitrogens with one attached hydrogen (secondary N) is 1. The van der Waals surface area contributed by atoms with Gasteiger partial charge in [0.25, 0.3) is 15.6 Å². The number of nitrogens with zero attached hydrogens (tertiary/aromatic N) is 2. The molecule has 0 aliphatic heterocycles. The van der Waals surface area contributed by atoms with Crippen LogP contribution in [0.1, 0.15) is 5.56 Å². The molecule has 0 saturated carbocycles. The van der Waals surface area contributed by atoms with E-state index >= 15 is 0 Å². The number of rotatable bonds is 5. The maximum atomic E-state index is 13.1. The minimum Gasteiger partial charge on any atom is -0.363 e. The van der Waals surface area contributed by atoms with Gasteiger partial charge in [-0.1, -0.05) is 29.4 Å². The van der Waals surface area contributed by atoms with Crippen molar-refractivity contribution in [3.8, 4) is 16.8 Å². The Hall–Kier alpha value is -4.38. The van der Waals surface area contributed by atoms with Crippen LogP contribution in [0, 0.1) is 0 Å². The summed E-state index contributed by atoms with van der Waals surface area (Å²) in [5, 5.41) is 4.02. The van der Waals surface area contributed by atoms with Crippen molar-refractivity contribution in [1.29, 1.82) is 0 Å². The van der Waals surface area contributed by atoms with E-state index in [9.17, 15) is 26.4 Å². The van der Waals surface area contributed by atoms with Gasteiger partial charge in [-0.05, 0) is 59.7 Å². The summed E-state index contributed by atoms with van der Waals surface area (Å²) in [6.45, 7) is 0. The molecule has 3 aromatic carbocycles. The Balaban J connectivity index is 1.52. The molecule has 5 rings (SSSR count). The van der Waals surface area contributed by atoms with E-state index in [0.29, 0.717) is 27.7 Å². The average Bonchev–Trinajstić information content (AvgIpc) is 3.36. The lowest BCUT2D eigenvalue weighted by atomic mass is 10.0. The van der Waals surface area contributed by atoms with Crippen LogP contribution >= 0.6 is 0 Å². The third-order valence-electron chi connectivity index (χ3n) is 5.50. The molecular formula is C25H16F3N3O4S. The van der Waals surface area contributed by atoms with Crippen molar-refractivity contribution in [3.63, 3.8) is 0 Å². The maximum Gasteiger partial charge on any atom is 0.416 e. The molecule has 2 aromatic heterocycles. The molecule has 36 heavy (non-hydrogen) atoms. The van der Waals surface area contributed by atoms with Gasteiger partial charge >= 0.3 is 6.18 Å². The first kappa shape index (κ1) is 23.4. The lowest BCUT2D eigenvalue weighted by Crippen LogP contribution is -2.18. The van der Waals surface area contributed by atoms with E-state index in [1.165, 1.54) is 53.3 Å². The predicted molar refractivity (Wildman–Crippen MR) is 127 cm³/mol. The summed E-state index contributed by atoms with van der Waals surface area (Å²) in [6.07, 6.45) is -3.22. The fourth-order valence-electron chi connectivity index (χ4n) is 3.80. The molecule has 5 aromatic rings. The first-order valence-corrected chi connectivity index (χ1v) is 12.0. The average molecular weight is 511 g/mol. The Morgan fingerprint density at radius 3 is 2.33 bits per heavy atom. The summed E-state index contributed by atoms with van der Waals surface area (Å²) in [5.74, 6) is 0.0286. The minimum absolute atomic E-state index is 0.0286. The molecule has 0 spiro atoms. The molecule has 0 aliphatic carbocycles. The molecular weight excluding hydrogens is 495 g/mol. The van der Waals surface area contributed by atoms with E-state index in [-0.39, 0.29) is 16.3 Å². The number of pyridine rings is 1. The standard InChI is InChI=1S/C25H16F3N3O4S/c26-25(27,28)19-3-1-2-17(14-19)16-4-7-20(8-5-16)31-22-10-9-21(15-18(22)6-11-24(31)32)36(33,34)30-23-12-13-35-29-23/h1-15H,(H,29,30). The number of anilines is 1. The normalized spacial score (nSPS) is 12.1. The topological polar surface area (TPSA) is 94.2 Å². The number of alkyl halides is 3. The Kier molecular flexibility index (Phi) is 5.64. The van der Waals surface area contributed by atoms with Gasteiger partial charge in [0.1, 0.15) is 6.26 Å². The lowest BCUT2D eigenvalue weighted by Gasteiger charge is -2.13. The first-order valence-electron chi connectivity index (χ1n) is 10.5. The largest absolute Gasteiger partial charge is 0.416 e. The third kappa shape index (κ3) is 4.48. The van der Waals surface area contributed by atoms with Gasteiger partial charge in [-0.25, -0.2) is 8.42 Å². The highest BCUT2D eigenvalue weighted by Crippen LogP contribution is 2.32. The van der Waals surface area contributed by atoms with Crippen LogP contribution in [0.25, 0.3) is 27.7 Å². The highest BCUT2D eigenvalue weighted by molar-refractivity contribution is 7.92. The number of benzene rings is 3.